The van der Waals surface area contributed by atoms with Crippen LogP contribution in [0.5, 0.6) is 0 Å². The molecule has 100 valence electrons. The van der Waals surface area contributed by atoms with Gasteiger partial charge in [0.1, 0.15) is 0 Å². The Morgan fingerprint density at radius 2 is 2.33 bits per heavy atom. The Labute approximate surface area is 108 Å². The summed E-state index contributed by atoms with van der Waals surface area (Å²) in [5.74, 6) is 0.160. The highest BCUT2D eigenvalue weighted by Gasteiger charge is 2.32. The highest BCUT2D eigenvalue weighted by molar-refractivity contribution is 5.77. The lowest BCUT2D eigenvalue weighted by Crippen LogP contribution is -2.34. The third-order valence-corrected chi connectivity index (χ3v) is 3.59. The molecule has 1 fully saturated rings. The van der Waals surface area contributed by atoms with Gasteiger partial charge in [-0.3, -0.25) is 9.89 Å². The number of aromatic amines is 1. The summed E-state index contributed by atoms with van der Waals surface area (Å²) in [6.07, 6.45) is 2.50. The van der Waals surface area contributed by atoms with Gasteiger partial charge in [0.15, 0.2) is 0 Å². The first-order valence-corrected chi connectivity index (χ1v) is 6.57. The van der Waals surface area contributed by atoms with Crippen LogP contribution < -0.4 is 5.73 Å². The van der Waals surface area contributed by atoms with Crippen molar-refractivity contribution in [3.63, 3.8) is 0 Å². The van der Waals surface area contributed by atoms with Gasteiger partial charge in [-0.2, -0.15) is 5.10 Å². The molecule has 0 aromatic carbocycles. The van der Waals surface area contributed by atoms with Crippen LogP contribution in [-0.2, 0) is 4.79 Å². The van der Waals surface area contributed by atoms with Crippen LogP contribution in [0.25, 0.3) is 0 Å². The molecule has 2 atom stereocenters. The largest absolute Gasteiger partial charge is 0.335 e. The van der Waals surface area contributed by atoms with Crippen molar-refractivity contribution in [3.05, 3.63) is 17.0 Å². The Kier molecular flexibility index (Phi) is 3.71. The summed E-state index contributed by atoms with van der Waals surface area (Å²) in [6, 6.07) is 0.0975. The van der Waals surface area contributed by atoms with E-state index in [2.05, 4.69) is 10.2 Å². The molecule has 0 aliphatic carbocycles. The second kappa shape index (κ2) is 5.10. The van der Waals surface area contributed by atoms with Crippen molar-refractivity contribution in [2.24, 2.45) is 5.73 Å². The number of aryl methyl sites for hydroxylation is 2. The molecule has 1 saturated heterocycles. The molecule has 0 saturated carbocycles. The van der Waals surface area contributed by atoms with Crippen molar-refractivity contribution >= 4 is 5.91 Å². The number of nitrogens with two attached hydrogens (primary N) is 1. The number of H-pyrrole nitrogens is 1. The van der Waals surface area contributed by atoms with E-state index in [-0.39, 0.29) is 18.0 Å². The Balaban J connectivity index is 2.20. The number of likely N-dealkylation sites (tertiary alicyclic amines) is 1. The lowest BCUT2D eigenvalue weighted by molar-refractivity contribution is -0.132. The van der Waals surface area contributed by atoms with E-state index in [9.17, 15) is 4.79 Å². The maximum absolute atomic E-state index is 12.2. The van der Waals surface area contributed by atoms with Gasteiger partial charge in [0, 0.05) is 30.3 Å². The van der Waals surface area contributed by atoms with Gasteiger partial charge in [0.25, 0.3) is 0 Å². The molecule has 1 aliphatic heterocycles. The monoisotopic (exact) mass is 250 g/mol. The van der Waals surface area contributed by atoms with Crippen LogP contribution in [0.15, 0.2) is 0 Å². The molecule has 18 heavy (non-hydrogen) atoms. The zero-order valence-electron chi connectivity index (χ0n) is 11.4. The second-order valence-corrected chi connectivity index (χ2v) is 5.27. The molecule has 2 unspecified atom stereocenters. The Morgan fingerprint density at radius 1 is 1.61 bits per heavy atom. The van der Waals surface area contributed by atoms with E-state index < -0.39 is 0 Å². The second-order valence-electron chi connectivity index (χ2n) is 5.27. The molecule has 2 heterocycles. The Hall–Kier alpha value is -1.36. The fourth-order valence-electron chi connectivity index (χ4n) is 2.81. The predicted octanol–water partition coefficient (Wildman–Crippen LogP) is 1.43. The van der Waals surface area contributed by atoms with Crippen LogP contribution in [0.4, 0.5) is 0 Å². The summed E-state index contributed by atoms with van der Waals surface area (Å²) in [7, 11) is 0. The topological polar surface area (TPSA) is 75.0 Å². The van der Waals surface area contributed by atoms with Gasteiger partial charge < -0.3 is 10.6 Å². The van der Waals surface area contributed by atoms with Gasteiger partial charge in [0.05, 0.1) is 11.7 Å². The molecular weight excluding hydrogens is 228 g/mol. The maximum atomic E-state index is 12.2. The van der Waals surface area contributed by atoms with E-state index in [0.717, 1.165) is 30.8 Å². The third-order valence-electron chi connectivity index (χ3n) is 3.59. The van der Waals surface area contributed by atoms with Gasteiger partial charge in [0.2, 0.25) is 5.91 Å². The van der Waals surface area contributed by atoms with Gasteiger partial charge in [-0.15, -0.1) is 0 Å². The average molecular weight is 250 g/mol. The highest BCUT2D eigenvalue weighted by Crippen LogP contribution is 2.35. The number of hydrogen-bond acceptors (Lipinski definition) is 3. The Bertz CT molecular complexity index is 419. The van der Waals surface area contributed by atoms with Crippen molar-refractivity contribution in [3.8, 4) is 0 Å². The van der Waals surface area contributed by atoms with Crippen LogP contribution in [0.3, 0.4) is 0 Å². The van der Waals surface area contributed by atoms with Crippen molar-refractivity contribution < 1.29 is 4.79 Å². The van der Waals surface area contributed by atoms with Crippen molar-refractivity contribution in [1.82, 2.24) is 15.1 Å². The normalized spacial score (nSPS) is 21.3. The fraction of sp³-hybridized carbons (Fsp3) is 0.692. The zero-order valence-corrected chi connectivity index (χ0v) is 11.4. The van der Waals surface area contributed by atoms with Crippen LogP contribution in [-0.4, -0.2) is 33.6 Å². The molecule has 0 radical (unpaired) electrons. The molecule has 3 N–H and O–H groups in total. The summed E-state index contributed by atoms with van der Waals surface area (Å²) in [5, 5.41) is 7.23. The minimum absolute atomic E-state index is 0.0784. The summed E-state index contributed by atoms with van der Waals surface area (Å²) in [4.78, 5) is 14.2. The third kappa shape index (κ3) is 2.41. The quantitative estimate of drug-likeness (QED) is 0.852. The van der Waals surface area contributed by atoms with E-state index in [1.165, 1.54) is 5.56 Å². The van der Waals surface area contributed by atoms with E-state index in [4.69, 9.17) is 5.73 Å². The minimum Gasteiger partial charge on any atom is -0.335 e. The van der Waals surface area contributed by atoms with E-state index in [1.807, 2.05) is 25.7 Å². The van der Waals surface area contributed by atoms with Gasteiger partial charge in [-0.05, 0) is 33.6 Å². The number of rotatable bonds is 3. The molecule has 0 bridgehead atoms. The highest BCUT2D eigenvalue weighted by atomic mass is 16.2. The molecule has 1 amide bonds. The van der Waals surface area contributed by atoms with Crippen molar-refractivity contribution in [2.75, 3.05) is 6.54 Å². The van der Waals surface area contributed by atoms with Crippen LogP contribution in [0.2, 0.25) is 0 Å². The molecule has 5 nitrogen and oxygen atoms in total. The summed E-state index contributed by atoms with van der Waals surface area (Å²) < 4.78 is 0. The zero-order chi connectivity index (χ0) is 13.3. The Morgan fingerprint density at radius 3 is 2.89 bits per heavy atom. The number of hydrogen-bond donors (Lipinski definition) is 2. The molecular formula is C13H22N4O. The molecule has 0 spiro atoms. The SMILES string of the molecule is Cc1n[nH]c(C)c1C1CCCN1C(=O)CC(C)N. The van der Waals surface area contributed by atoms with Crippen LogP contribution in [0, 0.1) is 13.8 Å². The lowest BCUT2D eigenvalue weighted by atomic mass is 10.0. The number of carbonyl (C=O) groups excluding carboxylic acids is 1. The smallest absolute Gasteiger partial charge is 0.224 e. The number of amides is 1. The molecule has 1 aromatic rings. The first-order valence-electron chi connectivity index (χ1n) is 6.57. The van der Waals surface area contributed by atoms with E-state index in [1.54, 1.807) is 0 Å². The number of carbonyl (C=O) groups is 1. The maximum Gasteiger partial charge on any atom is 0.224 e. The molecule has 1 aromatic heterocycles. The summed E-state index contributed by atoms with van der Waals surface area (Å²) >= 11 is 0. The van der Waals surface area contributed by atoms with Crippen molar-refractivity contribution in [2.45, 2.75) is 52.1 Å². The average Bonchev–Trinajstić information content (AvgIpc) is 2.84. The summed E-state index contributed by atoms with van der Waals surface area (Å²) in [5.41, 5.74) is 8.97. The number of nitrogens with zero attached hydrogens (tertiary/aromatic N) is 2. The number of aromatic nitrogens is 2. The van der Waals surface area contributed by atoms with Gasteiger partial charge >= 0.3 is 0 Å². The first kappa shape index (κ1) is 13.1. The molecule has 2 rings (SSSR count). The first-order chi connectivity index (χ1) is 8.50. The number of nitrogens with one attached hydrogen (secondary N) is 1. The molecule has 5 heteroatoms. The van der Waals surface area contributed by atoms with Crippen LogP contribution in [0.1, 0.15) is 49.2 Å². The fourth-order valence-corrected chi connectivity index (χ4v) is 2.81. The van der Waals surface area contributed by atoms with Crippen molar-refractivity contribution in [1.29, 1.82) is 0 Å². The predicted molar refractivity (Wildman–Crippen MR) is 70.0 cm³/mol. The van der Waals surface area contributed by atoms with E-state index in [0.29, 0.717) is 6.42 Å². The molecule has 1 aliphatic rings. The standard InChI is InChI=1S/C13H22N4O/c1-8(14)7-12(18)17-6-4-5-11(17)13-9(2)15-16-10(13)3/h8,11H,4-7,14H2,1-3H3,(H,15,16). The lowest BCUT2D eigenvalue weighted by Gasteiger charge is -2.26. The van der Waals surface area contributed by atoms with Gasteiger partial charge in [-0.25, -0.2) is 0 Å². The summed E-state index contributed by atoms with van der Waals surface area (Å²) in [6.45, 7) is 6.71. The van der Waals surface area contributed by atoms with Crippen LogP contribution >= 0.6 is 0 Å². The minimum atomic E-state index is -0.0784. The van der Waals surface area contributed by atoms with E-state index >= 15 is 0 Å². The van der Waals surface area contributed by atoms with Gasteiger partial charge in [-0.1, -0.05) is 0 Å².